The van der Waals surface area contributed by atoms with Gasteiger partial charge in [-0.1, -0.05) is 6.92 Å². The van der Waals surface area contributed by atoms with Crippen molar-refractivity contribution in [1.82, 2.24) is 5.43 Å². The molecule has 0 fully saturated rings. The summed E-state index contributed by atoms with van der Waals surface area (Å²) in [6.45, 7) is 2.93. The van der Waals surface area contributed by atoms with Gasteiger partial charge in [-0.3, -0.25) is 4.79 Å². The van der Waals surface area contributed by atoms with Crippen molar-refractivity contribution in [1.29, 1.82) is 0 Å². The first-order valence-electron chi connectivity index (χ1n) is 7.72. The third-order valence-electron chi connectivity index (χ3n) is 3.37. The molecular formula is C18H18N2O4. The van der Waals surface area contributed by atoms with Gasteiger partial charge in [-0.25, -0.2) is 5.43 Å². The summed E-state index contributed by atoms with van der Waals surface area (Å²) in [5.41, 5.74) is 3.81. The minimum atomic E-state index is -0.313. The third kappa shape index (κ3) is 3.84. The van der Waals surface area contributed by atoms with Crippen LogP contribution in [0.2, 0.25) is 0 Å². The zero-order valence-corrected chi connectivity index (χ0v) is 13.3. The van der Waals surface area contributed by atoms with Gasteiger partial charge in [0.05, 0.1) is 12.8 Å². The van der Waals surface area contributed by atoms with E-state index in [9.17, 15) is 4.79 Å². The Labute approximate surface area is 140 Å². The molecule has 1 N–H and O–H groups in total. The monoisotopic (exact) mass is 326 g/mol. The maximum atomic E-state index is 12.1. The van der Waals surface area contributed by atoms with Gasteiger partial charge in [-0.15, -0.1) is 0 Å². The second kappa shape index (κ2) is 7.50. The van der Waals surface area contributed by atoms with Crippen LogP contribution in [0.1, 0.15) is 29.3 Å². The fourth-order valence-electron chi connectivity index (χ4n) is 2.14. The van der Waals surface area contributed by atoms with Gasteiger partial charge in [0.1, 0.15) is 5.75 Å². The molecule has 2 aromatic rings. The van der Waals surface area contributed by atoms with Crippen molar-refractivity contribution in [2.24, 2.45) is 5.10 Å². The molecule has 0 saturated heterocycles. The fourth-order valence-corrected chi connectivity index (χ4v) is 2.14. The average molecular weight is 326 g/mol. The van der Waals surface area contributed by atoms with E-state index in [0.717, 1.165) is 17.7 Å². The Bertz CT molecular complexity index is 741. The lowest BCUT2D eigenvalue weighted by atomic mass is 10.2. The van der Waals surface area contributed by atoms with Crippen LogP contribution >= 0.6 is 0 Å². The molecule has 0 saturated carbocycles. The number of rotatable bonds is 6. The molecule has 0 spiro atoms. The SMILES string of the molecule is CCCOc1ccc(/C=N\NC(=O)c2ccc3c(c2)OCO3)cc1. The highest BCUT2D eigenvalue weighted by Gasteiger charge is 2.15. The minimum Gasteiger partial charge on any atom is -0.494 e. The van der Waals surface area contributed by atoms with Crippen molar-refractivity contribution in [3.8, 4) is 17.2 Å². The number of nitrogens with zero attached hydrogens (tertiary/aromatic N) is 1. The van der Waals surface area contributed by atoms with E-state index in [2.05, 4.69) is 17.5 Å². The Morgan fingerprint density at radius 3 is 2.79 bits per heavy atom. The van der Waals surface area contributed by atoms with Crippen molar-refractivity contribution in [2.75, 3.05) is 13.4 Å². The van der Waals surface area contributed by atoms with Gasteiger partial charge in [0.25, 0.3) is 5.91 Å². The van der Waals surface area contributed by atoms with E-state index in [-0.39, 0.29) is 12.7 Å². The summed E-state index contributed by atoms with van der Waals surface area (Å²) in [5.74, 6) is 1.71. The first-order valence-corrected chi connectivity index (χ1v) is 7.72. The number of carbonyl (C=O) groups excluding carboxylic acids is 1. The summed E-state index contributed by atoms with van der Waals surface area (Å²) in [6, 6.07) is 12.5. The Morgan fingerprint density at radius 1 is 1.21 bits per heavy atom. The topological polar surface area (TPSA) is 69.2 Å². The lowest BCUT2D eigenvalue weighted by Gasteiger charge is -2.04. The number of carbonyl (C=O) groups is 1. The number of amides is 1. The van der Waals surface area contributed by atoms with Crippen LogP contribution in [0.25, 0.3) is 0 Å². The summed E-state index contributed by atoms with van der Waals surface area (Å²) < 4.78 is 16.0. The second-order valence-electron chi connectivity index (χ2n) is 5.18. The lowest BCUT2D eigenvalue weighted by Crippen LogP contribution is -2.17. The molecule has 0 aromatic heterocycles. The quantitative estimate of drug-likeness (QED) is 0.654. The molecule has 24 heavy (non-hydrogen) atoms. The Balaban J connectivity index is 1.56. The molecule has 0 atom stereocenters. The van der Waals surface area contributed by atoms with E-state index >= 15 is 0 Å². The lowest BCUT2D eigenvalue weighted by molar-refractivity contribution is 0.0954. The Hall–Kier alpha value is -3.02. The van der Waals surface area contributed by atoms with E-state index in [4.69, 9.17) is 14.2 Å². The highest BCUT2D eigenvalue weighted by atomic mass is 16.7. The smallest absolute Gasteiger partial charge is 0.271 e. The summed E-state index contributed by atoms with van der Waals surface area (Å²) in [5, 5.41) is 3.97. The van der Waals surface area contributed by atoms with Crippen molar-refractivity contribution in [3.05, 3.63) is 53.6 Å². The van der Waals surface area contributed by atoms with Gasteiger partial charge < -0.3 is 14.2 Å². The third-order valence-corrected chi connectivity index (χ3v) is 3.37. The molecule has 124 valence electrons. The number of ether oxygens (including phenoxy) is 3. The van der Waals surface area contributed by atoms with Gasteiger partial charge >= 0.3 is 0 Å². The van der Waals surface area contributed by atoms with E-state index in [1.807, 2.05) is 24.3 Å². The molecule has 1 amide bonds. The molecule has 6 heteroatoms. The van der Waals surface area contributed by atoms with Gasteiger partial charge in [-0.05, 0) is 54.4 Å². The average Bonchev–Trinajstić information content (AvgIpc) is 3.08. The fraction of sp³-hybridized carbons (Fsp3) is 0.222. The first kappa shape index (κ1) is 15.9. The van der Waals surface area contributed by atoms with Crippen LogP contribution in [0.3, 0.4) is 0 Å². The number of nitrogens with one attached hydrogen (secondary N) is 1. The maximum Gasteiger partial charge on any atom is 0.271 e. The summed E-state index contributed by atoms with van der Waals surface area (Å²) in [4.78, 5) is 12.1. The molecule has 1 aliphatic rings. The zero-order chi connectivity index (χ0) is 16.8. The molecule has 6 nitrogen and oxygen atoms in total. The normalized spacial score (nSPS) is 12.4. The summed E-state index contributed by atoms with van der Waals surface area (Å²) in [7, 11) is 0. The van der Waals surface area contributed by atoms with Gasteiger partial charge in [-0.2, -0.15) is 5.10 Å². The van der Waals surface area contributed by atoms with Crippen LogP contribution in [0.4, 0.5) is 0 Å². The zero-order valence-electron chi connectivity index (χ0n) is 13.3. The van der Waals surface area contributed by atoms with Crippen LogP contribution in [-0.2, 0) is 0 Å². The van der Waals surface area contributed by atoms with Crippen molar-refractivity contribution >= 4 is 12.1 Å². The van der Waals surface area contributed by atoms with Crippen LogP contribution in [0.15, 0.2) is 47.6 Å². The predicted octanol–water partition coefficient (Wildman–Crippen LogP) is 2.97. The minimum absolute atomic E-state index is 0.177. The molecule has 0 unspecified atom stereocenters. The predicted molar refractivity (Wildman–Crippen MR) is 89.9 cm³/mol. The van der Waals surface area contributed by atoms with Gasteiger partial charge in [0.2, 0.25) is 6.79 Å². The summed E-state index contributed by atoms with van der Waals surface area (Å²) >= 11 is 0. The molecule has 2 aromatic carbocycles. The number of hydrazone groups is 1. The highest BCUT2D eigenvalue weighted by molar-refractivity contribution is 5.95. The van der Waals surface area contributed by atoms with E-state index in [0.29, 0.717) is 23.7 Å². The molecule has 3 rings (SSSR count). The van der Waals surface area contributed by atoms with Crippen LogP contribution in [0.5, 0.6) is 17.2 Å². The number of hydrogen-bond acceptors (Lipinski definition) is 5. The molecule has 0 radical (unpaired) electrons. The number of hydrogen-bond donors (Lipinski definition) is 1. The van der Waals surface area contributed by atoms with Gasteiger partial charge in [0.15, 0.2) is 11.5 Å². The summed E-state index contributed by atoms with van der Waals surface area (Å²) in [6.07, 6.45) is 2.55. The van der Waals surface area contributed by atoms with E-state index in [1.165, 1.54) is 0 Å². The number of fused-ring (bicyclic) bond motifs is 1. The molecule has 1 heterocycles. The van der Waals surface area contributed by atoms with Gasteiger partial charge in [0, 0.05) is 5.56 Å². The van der Waals surface area contributed by atoms with Crippen LogP contribution < -0.4 is 19.6 Å². The first-order chi connectivity index (χ1) is 11.8. The Morgan fingerprint density at radius 2 is 2.00 bits per heavy atom. The number of benzene rings is 2. The molecule has 0 bridgehead atoms. The van der Waals surface area contributed by atoms with E-state index in [1.54, 1.807) is 24.4 Å². The van der Waals surface area contributed by atoms with Crippen LogP contribution in [-0.4, -0.2) is 25.5 Å². The van der Waals surface area contributed by atoms with Crippen molar-refractivity contribution in [2.45, 2.75) is 13.3 Å². The van der Waals surface area contributed by atoms with Crippen molar-refractivity contribution < 1.29 is 19.0 Å². The highest BCUT2D eigenvalue weighted by Crippen LogP contribution is 2.32. The standard InChI is InChI=1S/C18H18N2O4/c1-2-9-22-15-6-3-13(4-7-15)11-19-20-18(21)14-5-8-16-17(10-14)24-12-23-16/h3-8,10-11H,2,9,12H2,1H3,(H,20,21)/b19-11-. The molecular weight excluding hydrogens is 308 g/mol. The Kier molecular flexibility index (Phi) is 4.96. The van der Waals surface area contributed by atoms with Crippen molar-refractivity contribution in [3.63, 3.8) is 0 Å². The second-order valence-corrected chi connectivity index (χ2v) is 5.18. The molecule has 0 aliphatic carbocycles. The van der Waals surface area contributed by atoms with E-state index < -0.39 is 0 Å². The largest absolute Gasteiger partial charge is 0.494 e. The maximum absolute atomic E-state index is 12.1. The molecule has 1 aliphatic heterocycles. The van der Waals surface area contributed by atoms with Crippen LogP contribution in [0, 0.1) is 0 Å².